The summed E-state index contributed by atoms with van der Waals surface area (Å²) in [6.45, 7) is 0. The molecule has 0 N–H and O–H groups in total. The fourth-order valence-corrected chi connectivity index (χ4v) is 3.86. The molecule has 0 fully saturated rings. The van der Waals surface area contributed by atoms with E-state index in [2.05, 4.69) is 45.1 Å². The zero-order valence-corrected chi connectivity index (χ0v) is 19.2. The fraction of sp³-hybridized carbons (Fsp3) is 0.154. The number of amides is 1. The van der Waals surface area contributed by atoms with Gasteiger partial charge in [-0.15, -0.1) is 0 Å². The van der Waals surface area contributed by atoms with Crippen molar-refractivity contribution >= 4 is 39.3 Å². The van der Waals surface area contributed by atoms with Gasteiger partial charge in [-0.2, -0.15) is 5.10 Å². The molecule has 0 saturated carbocycles. The molecule has 4 nitrogen and oxygen atoms in total. The number of carbonyl (C=O) groups excluding carboxylic acids is 1. The van der Waals surface area contributed by atoms with Gasteiger partial charge < -0.3 is 4.90 Å². The normalized spacial score (nSPS) is 15.9. The average Bonchev–Trinajstić information content (AvgIpc) is 3.24. The zero-order valence-electron chi connectivity index (χ0n) is 17.6. The highest BCUT2D eigenvalue weighted by Crippen LogP contribution is 2.34. The molecule has 1 unspecified atom stereocenters. The topological polar surface area (TPSA) is 35.9 Å². The van der Waals surface area contributed by atoms with E-state index in [-0.39, 0.29) is 11.9 Å². The van der Waals surface area contributed by atoms with Gasteiger partial charge in [-0.3, -0.25) is 4.79 Å². The van der Waals surface area contributed by atoms with Crippen LogP contribution >= 0.6 is 15.9 Å². The van der Waals surface area contributed by atoms with Crippen molar-refractivity contribution in [3.8, 4) is 0 Å². The highest BCUT2D eigenvalue weighted by Gasteiger charge is 2.32. The quantitative estimate of drug-likeness (QED) is 0.432. The van der Waals surface area contributed by atoms with Crippen molar-refractivity contribution in [2.75, 3.05) is 19.0 Å². The van der Waals surface area contributed by atoms with Crippen LogP contribution in [0.3, 0.4) is 0 Å². The molecule has 0 aliphatic carbocycles. The van der Waals surface area contributed by atoms with Crippen LogP contribution in [0.5, 0.6) is 0 Å². The minimum atomic E-state index is -0.136. The van der Waals surface area contributed by atoms with E-state index in [1.54, 1.807) is 11.1 Å². The van der Waals surface area contributed by atoms with E-state index in [4.69, 9.17) is 5.10 Å². The van der Waals surface area contributed by atoms with Crippen LogP contribution in [0, 0.1) is 0 Å². The maximum Gasteiger partial charge on any atom is 0.267 e. The van der Waals surface area contributed by atoms with Gasteiger partial charge in [0.15, 0.2) is 0 Å². The summed E-state index contributed by atoms with van der Waals surface area (Å²) in [6, 6.07) is 26.1. The third kappa shape index (κ3) is 4.94. The molecule has 0 aromatic heterocycles. The second kappa shape index (κ2) is 9.31. The maximum absolute atomic E-state index is 13.1. The van der Waals surface area contributed by atoms with Crippen molar-refractivity contribution in [2.45, 2.75) is 12.5 Å². The van der Waals surface area contributed by atoms with E-state index in [1.165, 1.54) is 0 Å². The van der Waals surface area contributed by atoms with Gasteiger partial charge in [0.1, 0.15) is 0 Å². The predicted molar refractivity (Wildman–Crippen MR) is 131 cm³/mol. The summed E-state index contributed by atoms with van der Waals surface area (Å²) in [5.74, 6) is -0.127. The van der Waals surface area contributed by atoms with Gasteiger partial charge >= 0.3 is 0 Å². The number of carbonyl (C=O) groups is 1. The van der Waals surface area contributed by atoms with E-state index in [1.807, 2.05) is 74.8 Å². The van der Waals surface area contributed by atoms with Gasteiger partial charge in [-0.05, 0) is 47.0 Å². The molecule has 5 heteroatoms. The molecule has 156 valence electrons. The molecule has 3 aromatic carbocycles. The minimum absolute atomic E-state index is 0.127. The second-order valence-corrected chi connectivity index (χ2v) is 8.60. The Balaban J connectivity index is 1.64. The zero-order chi connectivity index (χ0) is 21.8. The maximum atomic E-state index is 13.1. The van der Waals surface area contributed by atoms with Gasteiger partial charge in [0.25, 0.3) is 5.91 Å². The summed E-state index contributed by atoms with van der Waals surface area (Å²) in [5, 5.41) is 6.35. The number of hydrogen-bond acceptors (Lipinski definition) is 3. The average molecular weight is 474 g/mol. The number of hydrogen-bond donors (Lipinski definition) is 0. The van der Waals surface area contributed by atoms with Crippen molar-refractivity contribution in [3.05, 3.63) is 106 Å². The van der Waals surface area contributed by atoms with Gasteiger partial charge in [0.05, 0.1) is 11.8 Å². The van der Waals surface area contributed by atoms with Crippen molar-refractivity contribution < 1.29 is 4.79 Å². The molecule has 31 heavy (non-hydrogen) atoms. The van der Waals surface area contributed by atoms with E-state index < -0.39 is 0 Å². The Labute approximate surface area is 191 Å². The standard InChI is InChI=1S/C26H24BrN3O/c1-29(2)23-15-11-21(12-16-23)25-18-24(20-9-13-22(27)14-10-20)28-30(25)26(31)17-8-19-6-4-3-5-7-19/h3-17,25H,18H2,1-2H3. The summed E-state index contributed by atoms with van der Waals surface area (Å²) in [5.41, 5.74) is 5.12. The lowest BCUT2D eigenvalue weighted by atomic mass is 9.98. The highest BCUT2D eigenvalue weighted by atomic mass is 79.9. The van der Waals surface area contributed by atoms with E-state index in [0.717, 1.165) is 32.6 Å². The van der Waals surface area contributed by atoms with E-state index in [9.17, 15) is 4.79 Å². The molecule has 1 aliphatic heterocycles. The highest BCUT2D eigenvalue weighted by molar-refractivity contribution is 9.10. The van der Waals surface area contributed by atoms with Gasteiger partial charge in [-0.1, -0.05) is 70.5 Å². The fourth-order valence-electron chi connectivity index (χ4n) is 3.59. The SMILES string of the molecule is CN(C)c1ccc(C2CC(c3ccc(Br)cc3)=NN2C(=O)C=Cc2ccccc2)cc1. The Bertz CT molecular complexity index is 1100. The Morgan fingerprint density at radius 1 is 1.00 bits per heavy atom. The molecule has 0 saturated heterocycles. The van der Waals surface area contributed by atoms with Crippen molar-refractivity contribution in [3.63, 3.8) is 0 Å². The molecular weight excluding hydrogens is 450 g/mol. The van der Waals surface area contributed by atoms with Gasteiger partial charge in [-0.25, -0.2) is 5.01 Å². The number of rotatable bonds is 5. The Kier molecular flexibility index (Phi) is 6.33. The lowest BCUT2D eigenvalue weighted by Gasteiger charge is -2.22. The molecule has 1 atom stereocenters. The molecule has 0 bridgehead atoms. The summed E-state index contributed by atoms with van der Waals surface area (Å²) in [6.07, 6.45) is 4.11. The largest absolute Gasteiger partial charge is 0.378 e. The third-order valence-corrected chi connectivity index (χ3v) is 5.85. The Morgan fingerprint density at radius 3 is 2.32 bits per heavy atom. The number of benzene rings is 3. The van der Waals surface area contributed by atoms with Crippen LogP contribution in [0.4, 0.5) is 5.69 Å². The van der Waals surface area contributed by atoms with Crippen LogP contribution in [0.25, 0.3) is 6.08 Å². The van der Waals surface area contributed by atoms with Gasteiger partial charge in [0.2, 0.25) is 0 Å². The smallest absolute Gasteiger partial charge is 0.267 e. The first-order valence-electron chi connectivity index (χ1n) is 10.2. The first kappa shape index (κ1) is 21.1. The molecule has 0 radical (unpaired) electrons. The molecule has 1 aliphatic rings. The van der Waals surface area contributed by atoms with Crippen LogP contribution < -0.4 is 4.90 Å². The van der Waals surface area contributed by atoms with E-state index in [0.29, 0.717) is 6.42 Å². The lowest BCUT2D eigenvalue weighted by molar-refractivity contribution is -0.127. The third-order valence-electron chi connectivity index (χ3n) is 5.33. The van der Waals surface area contributed by atoms with Crippen LogP contribution in [0.15, 0.2) is 94.5 Å². The lowest BCUT2D eigenvalue weighted by Crippen LogP contribution is -2.25. The number of anilines is 1. The summed E-state index contributed by atoms with van der Waals surface area (Å²) < 4.78 is 1.02. The van der Waals surface area contributed by atoms with Gasteiger partial charge in [0, 0.05) is 36.8 Å². The summed E-state index contributed by atoms with van der Waals surface area (Å²) >= 11 is 3.48. The number of hydrazone groups is 1. The first-order valence-corrected chi connectivity index (χ1v) is 11.0. The molecule has 1 amide bonds. The molecular formula is C26H24BrN3O. The molecule has 4 rings (SSSR count). The number of nitrogens with zero attached hydrogens (tertiary/aromatic N) is 3. The minimum Gasteiger partial charge on any atom is -0.378 e. The molecule has 0 spiro atoms. The predicted octanol–water partition coefficient (Wildman–Crippen LogP) is 5.91. The van der Waals surface area contributed by atoms with Crippen molar-refractivity contribution in [1.82, 2.24) is 5.01 Å². The van der Waals surface area contributed by atoms with Crippen molar-refractivity contribution in [2.24, 2.45) is 5.10 Å². The monoisotopic (exact) mass is 473 g/mol. The van der Waals surface area contributed by atoms with Crippen LogP contribution in [0.1, 0.15) is 29.2 Å². The van der Waals surface area contributed by atoms with Crippen LogP contribution in [-0.4, -0.2) is 30.7 Å². The first-order chi connectivity index (χ1) is 15.0. The Hall–Kier alpha value is -3.18. The van der Waals surface area contributed by atoms with Crippen LogP contribution in [-0.2, 0) is 4.79 Å². The Morgan fingerprint density at radius 2 is 1.68 bits per heavy atom. The van der Waals surface area contributed by atoms with E-state index >= 15 is 0 Å². The summed E-state index contributed by atoms with van der Waals surface area (Å²) in [7, 11) is 4.03. The van der Waals surface area contributed by atoms with Crippen molar-refractivity contribution in [1.29, 1.82) is 0 Å². The molecule has 3 aromatic rings. The molecule has 1 heterocycles. The second-order valence-electron chi connectivity index (χ2n) is 7.69. The van der Waals surface area contributed by atoms with Crippen LogP contribution in [0.2, 0.25) is 0 Å². The number of halogens is 1. The summed E-state index contributed by atoms with van der Waals surface area (Å²) in [4.78, 5) is 15.2.